The molecule has 8 nitrogen and oxygen atoms in total. The van der Waals surface area contributed by atoms with E-state index in [1.165, 1.54) is 0 Å². The minimum absolute atomic E-state index is 0.0399. The first-order chi connectivity index (χ1) is 18.2. The van der Waals surface area contributed by atoms with Crippen LogP contribution in [0.15, 0.2) is 72.8 Å². The summed E-state index contributed by atoms with van der Waals surface area (Å²) in [6.07, 6.45) is 1.57. The second-order valence-electron chi connectivity index (χ2n) is 8.88. The lowest BCUT2D eigenvalue weighted by atomic mass is 9.98. The molecule has 0 amide bonds. The molecule has 2 aromatic heterocycles. The van der Waals surface area contributed by atoms with Gasteiger partial charge in [-0.15, -0.1) is 30.0 Å². The van der Waals surface area contributed by atoms with Gasteiger partial charge in [0.15, 0.2) is 0 Å². The first-order valence-corrected chi connectivity index (χ1v) is 12.2. The summed E-state index contributed by atoms with van der Waals surface area (Å²) in [5, 5.41) is 37.6. The summed E-state index contributed by atoms with van der Waals surface area (Å²) in [7, 11) is 0. The van der Waals surface area contributed by atoms with Gasteiger partial charge >= 0.3 is 0 Å². The maximum absolute atomic E-state index is 9.60. The molecule has 0 spiro atoms. The maximum Gasteiger partial charge on any atom is 0.113 e. The Balaban J connectivity index is 1.39. The van der Waals surface area contributed by atoms with Crippen molar-refractivity contribution in [1.82, 2.24) is 30.0 Å². The van der Waals surface area contributed by atoms with Gasteiger partial charge in [-0.2, -0.15) is 0 Å². The fourth-order valence-corrected chi connectivity index (χ4v) is 4.45. The molecule has 0 aliphatic heterocycles. The summed E-state index contributed by atoms with van der Waals surface area (Å²) in [6, 6.07) is 30.3. The van der Waals surface area contributed by atoms with Crippen molar-refractivity contribution in [2.45, 2.75) is 19.3 Å². The normalized spacial score (nSPS) is 11.5. The molecule has 0 saturated heterocycles. The van der Waals surface area contributed by atoms with E-state index in [1.807, 2.05) is 72.8 Å². The molecule has 0 bridgehead atoms. The van der Waals surface area contributed by atoms with Crippen molar-refractivity contribution in [3.63, 3.8) is 0 Å². The van der Waals surface area contributed by atoms with E-state index in [0.29, 0.717) is 30.6 Å². The molecule has 6 aromatic rings. The van der Waals surface area contributed by atoms with Crippen LogP contribution in [0.25, 0.3) is 33.4 Å². The van der Waals surface area contributed by atoms with Gasteiger partial charge in [-0.3, -0.25) is 0 Å². The average molecular weight is 489 g/mol. The van der Waals surface area contributed by atoms with Crippen LogP contribution in [0, 0.1) is 12.1 Å². The SMILES string of the molecule is OCCc1cc(Cc2[c]c(-n3nc4ccccc4n3)cc(CCO)c2)[c]c(-n2nc3ccccc3n2)c1. The average Bonchev–Trinajstić information content (AvgIpc) is 3.53. The number of aromatic nitrogens is 6. The third-order valence-electron chi connectivity index (χ3n) is 6.13. The third-order valence-corrected chi connectivity index (χ3v) is 6.13. The molecular weight excluding hydrogens is 464 g/mol. The minimum Gasteiger partial charge on any atom is -0.396 e. The van der Waals surface area contributed by atoms with Crippen molar-refractivity contribution in [2.75, 3.05) is 13.2 Å². The van der Waals surface area contributed by atoms with Gasteiger partial charge in [0.2, 0.25) is 0 Å². The number of fused-ring (bicyclic) bond motifs is 2. The summed E-state index contributed by atoms with van der Waals surface area (Å²) in [4.78, 5) is 3.18. The van der Waals surface area contributed by atoms with E-state index in [0.717, 1.165) is 44.3 Å². The third kappa shape index (κ3) is 4.84. The molecule has 6 rings (SSSR count). The molecular formula is C29H24N6O2. The summed E-state index contributed by atoms with van der Waals surface area (Å²) < 4.78 is 0. The molecule has 0 saturated carbocycles. The van der Waals surface area contributed by atoms with Crippen LogP contribution in [0.2, 0.25) is 0 Å². The largest absolute Gasteiger partial charge is 0.396 e. The van der Waals surface area contributed by atoms with Crippen LogP contribution < -0.4 is 0 Å². The Hall–Kier alpha value is -4.40. The van der Waals surface area contributed by atoms with E-state index in [4.69, 9.17) is 0 Å². The van der Waals surface area contributed by atoms with Gasteiger partial charge in [-0.25, -0.2) is 0 Å². The van der Waals surface area contributed by atoms with Crippen LogP contribution in [0.3, 0.4) is 0 Å². The first kappa shape index (κ1) is 23.0. The van der Waals surface area contributed by atoms with Gasteiger partial charge in [0, 0.05) is 25.3 Å². The van der Waals surface area contributed by atoms with Crippen LogP contribution >= 0.6 is 0 Å². The molecule has 8 heteroatoms. The van der Waals surface area contributed by atoms with Crippen LogP contribution in [-0.2, 0) is 19.3 Å². The summed E-state index contributed by atoms with van der Waals surface area (Å²) in [6.45, 7) is 0.0797. The van der Waals surface area contributed by atoms with Crippen molar-refractivity contribution >= 4 is 22.1 Å². The zero-order chi connectivity index (χ0) is 25.2. The first-order valence-electron chi connectivity index (χ1n) is 12.2. The number of hydrogen-bond acceptors (Lipinski definition) is 6. The Morgan fingerprint density at radius 3 is 1.30 bits per heavy atom. The topological polar surface area (TPSA) is 102 Å². The number of aliphatic hydroxyl groups excluding tert-OH is 2. The number of benzene rings is 4. The molecule has 0 aliphatic rings. The van der Waals surface area contributed by atoms with E-state index < -0.39 is 0 Å². The fourth-order valence-electron chi connectivity index (χ4n) is 4.45. The van der Waals surface area contributed by atoms with Crippen molar-refractivity contribution in [1.29, 1.82) is 0 Å². The molecule has 0 fully saturated rings. The summed E-state index contributed by atoms with van der Waals surface area (Å²) >= 11 is 0. The molecule has 0 unspecified atom stereocenters. The van der Waals surface area contributed by atoms with Gasteiger partial charge in [0.25, 0.3) is 0 Å². The molecule has 4 aromatic carbocycles. The van der Waals surface area contributed by atoms with Gasteiger partial charge in [-0.1, -0.05) is 36.4 Å². The smallest absolute Gasteiger partial charge is 0.113 e. The molecule has 182 valence electrons. The lowest BCUT2D eigenvalue weighted by Crippen LogP contribution is -2.05. The van der Waals surface area contributed by atoms with Gasteiger partial charge in [0.05, 0.1) is 11.4 Å². The van der Waals surface area contributed by atoms with Crippen LogP contribution in [0.5, 0.6) is 0 Å². The molecule has 0 atom stereocenters. The van der Waals surface area contributed by atoms with Crippen molar-refractivity contribution in [3.05, 3.63) is 107 Å². The van der Waals surface area contributed by atoms with Gasteiger partial charge < -0.3 is 10.2 Å². The Labute approximate surface area is 213 Å². The Morgan fingerprint density at radius 1 is 0.568 bits per heavy atom. The van der Waals surface area contributed by atoms with E-state index in [2.05, 4.69) is 32.5 Å². The molecule has 0 aliphatic carbocycles. The predicted octanol–water partition coefficient (Wildman–Crippen LogP) is 3.42. The standard InChI is InChI=1S/C29H24N6O2/c36-11-9-20-13-22(18-24(16-20)34-30-26-5-1-2-6-27(26)31-34)15-23-14-21(10-12-37)17-25(19-23)35-32-28-7-3-4-8-29(28)33-35/h1-8,13-14,16-17,36-37H,9-12,15H2. The molecule has 2 heterocycles. The number of aliphatic hydroxyl groups is 2. The highest BCUT2D eigenvalue weighted by Crippen LogP contribution is 2.21. The Bertz CT molecular complexity index is 1510. The second kappa shape index (κ2) is 9.93. The molecule has 2 radical (unpaired) electrons. The summed E-state index contributed by atoms with van der Waals surface area (Å²) in [5.74, 6) is 0. The van der Waals surface area contributed by atoms with E-state index in [1.54, 1.807) is 9.59 Å². The Kier molecular flexibility index (Phi) is 6.18. The quantitative estimate of drug-likeness (QED) is 0.340. The summed E-state index contributed by atoms with van der Waals surface area (Å²) in [5.41, 5.74) is 8.43. The number of rotatable bonds is 8. The maximum atomic E-state index is 9.60. The second-order valence-corrected chi connectivity index (χ2v) is 8.88. The van der Waals surface area contributed by atoms with Gasteiger partial charge in [-0.05, 0) is 77.9 Å². The van der Waals surface area contributed by atoms with Gasteiger partial charge in [0.1, 0.15) is 22.1 Å². The molecule has 37 heavy (non-hydrogen) atoms. The van der Waals surface area contributed by atoms with E-state index >= 15 is 0 Å². The highest BCUT2D eigenvalue weighted by atomic mass is 16.3. The van der Waals surface area contributed by atoms with Crippen LogP contribution in [0.4, 0.5) is 0 Å². The van der Waals surface area contributed by atoms with E-state index in [9.17, 15) is 10.2 Å². The lowest BCUT2D eigenvalue weighted by Gasteiger charge is -2.11. The zero-order valence-electron chi connectivity index (χ0n) is 20.0. The zero-order valence-corrected chi connectivity index (χ0v) is 20.0. The fraction of sp³-hybridized carbons (Fsp3) is 0.172. The predicted molar refractivity (Wildman–Crippen MR) is 140 cm³/mol. The highest BCUT2D eigenvalue weighted by molar-refractivity contribution is 5.74. The molecule has 2 N–H and O–H groups in total. The highest BCUT2D eigenvalue weighted by Gasteiger charge is 2.12. The van der Waals surface area contributed by atoms with Crippen molar-refractivity contribution < 1.29 is 10.2 Å². The van der Waals surface area contributed by atoms with Crippen molar-refractivity contribution in [3.8, 4) is 11.4 Å². The van der Waals surface area contributed by atoms with E-state index in [-0.39, 0.29) is 13.2 Å². The monoisotopic (exact) mass is 488 g/mol. The van der Waals surface area contributed by atoms with Crippen molar-refractivity contribution in [2.24, 2.45) is 0 Å². The lowest BCUT2D eigenvalue weighted by molar-refractivity contribution is 0.299. The Morgan fingerprint density at radius 2 is 0.946 bits per heavy atom. The number of nitrogens with zero attached hydrogens (tertiary/aromatic N) is 6. The minimum atomic E-state index is 0.0399. The number of hydrogen-bond donors (Lipinski definition) is 2. The van der Waals surface area contributed by atoms with Crippen LogP contribution in [-0.4, -0.2) is 53.4 Å². The van der Waals surface area contributed by atoms with Crippen LogP contribution in [0.1, 0.15) is 22.3 Å².